The molecule has 150 valence electrons. The number of aromatic nitrogens is 3. The normalized spacial score (nSPS) is 18.5. The molecule has 2 heterocycles. The van der Waals surface area contributed by atoms with Crippen molar-refractivity contribution in [2.24, 2.45) is 0 Å². The van der Waals surface area contributed by atoms with Crippen LogP contribution in [0.25, 0.3) is 5.69 Å². The van der Waals surface area contributed by atoms with E-state index in [9.17, 15) is 4.79 Å². The number of rotatable bonds is 7. The second kappa shape index (κ2) is 8.57. The molecular formula is C21H21N3O4S. The van der Waals surface area contributed by atoms with Crippen LogP contribution in [0.1, 0.15) is 19.2 Å². The molecule has 29 heavy (non-hydrogen) atoms. The third kappa shape index (κ3) is 4.37. The fourth-order valence-corrected chi connectivity index (χ4v) is 4.25. The number of carbonyl (C=O) groups excluding carboxylic acids is 1. The van der Waals surface area contributed by atoms with Gasteiger partial charge in [0, 0.05) is 12.1 Å². The van der Waals surface area contributed by atoms with E-state index in [1.165, 1.54) is 11.8 Å². The third-order valence-electron chi connectivity index (χ3n) is 4.52. The summed E-state index contributed by atoms with van der Waals surface area (Å²) in [4.78, 5) is 12.1. The number of carbonyl (C=O) groups is 1. The van der Waals surface area contributed by atoms with Crippen LogP contribution < -0.4 is 9.47 Å². The van der Waals surface area contributed by atoms with Crippen molar-refractivity contribution < 1.29 is 19.0 Å². The van der Waals surface area contributed by atoms with Crippen molar-refractivity contribution >= 4 is 17.7 Å². The number of cyclic esters (lactones) is 1. The first-order valence-electron chi connectivity index (χ1n) is 9.28. The second-order valence-electron chi connectivity index (χ2n) is 6.62. The molecule has 0 unspecified atom stereocenters. The minimum Gasteiger partial charge on any atom is -0.497 e. The molecule has 1 aromatic heterocycles. The number of ether oxygens (including phenoxy) is 3. The molecule has 0 spiro atoms. The maximum absolute atomic E-state index is 12.1. The van der Waals surface area contributed by atoms with E-state index in [4.69, 9.17) is 14.2 Å². The fraction of sp³-hybridized carbons (Fsp3) is 0.286. The summed E-state index contributed by atoms with van der Waals surface area (Å²) in [7, 11) is 1.62. The van der Waals surface area contributed by atoms with Crippen LogP contribution in [0, 0.1) is 0 Å². The van der Waals surface area contributed by atoms with Gasteiger partial charge in [-0.2, -0.15) is 0 Å². The third-order valence-corrected chi connectivity index (χ3v) is 5.66. The zero-order chi connectivity index (χ0) is 20.2. The largest absolute Gasteiger partial charge is 0.497 e. The van der Waals surface area contributed by atoms with E-state index in [1.54, 1.807) is 7.11 Å². The highest BCUT2D eigenvalue weighted by molar-refractivity contribution is 8.00. The molecule has 0 radical (unpaired) electrons. The van der Waals surface area contributed by atoms with Crippen LogP contribution in [0.15, 0.2) is 59.8 Å². The zero-order valence-electron chi connectivity index (χ0n) is 16.1. The summed E-state index contributed by atoms with van der Waals surface area (Å²) in [6.45, 7) is 2.13. The Balaban J connectivity index is 1.58. The van der Waals surface area contributed by atoms with E-state index in [0.717, 1.165) is 11.4 Å². The Kier molecular flexibility index (Phi) is 5.71. The first kappa shape index (κ1) is 19.3. The van der Waals surface area contributed by atoms with Gasteiger partial charge in [0.15, 0.2) is 11.0 Å². The fourth-order valence-electron chi connectivity index (χ4n) is 3.07. The van der Waals surface area contributed by atoms with Gasteiger partial charge < -0.3 is 14.2 Å². The van der Waals surface area contributed by atoms with Gasteiger partial charge in [0.05, 0.1) is 7.11 Å². The molecule has 0 N–H and O–H groups in total. The van der Waals surface area contributed by atoms with E-state index in [-0.39, 0.29) is 23.9 Å². The van der Waals surface area contributed by atoms with Gasteiger partial charge in [-0.25, -0.2) is 0 Å². The highest BCUT2D eigenvalue weighted by atomic mass is 32.2. The van der Waals surface area contributed by atoms with Gasteiger partial charge in [-0.05, 0) is 43.3 Å². The van der Waals surface area contributed by atoms with Crippen molar-refractivity contribution in [3.63, 3.8) is 0 Å². The molecule has 3 aromatic rings. The SMILES string of the molecule is COc1ccc(OCc2nnc(S[C@@H]3C[C@@H](C)OC3=O)n2-c2ccccc2)cc1. The molecule has 1 fully saturated rings. The minimum atomic E-state index is -0.285. The highest BCUT2D eigenvalue weighted by Crippen LogP contribution is 2.33. The maximum atomic E-state index is 12.1. The summed E-state index contributed by atoms with van der Waals surface area (Å²) in [5.41, 5.74) is 0.910. The lowest BCUT2D eigenvalue weighted by atomic mass is 10.3. The first-order chi connectivity index (χ1) is 14.1. The van der Waals surface area contributed by atoms with Crippen molar-refractivity contribution in [2.75, 3.05) is 7.11 Å². The Bertz CT molecular complexity index is 975. The molecule has 0 saturated carbocycles. The van der Waals surface area contributed by atoms with Crippen LogP contribution in [-0.2, 0) is 16.1 Å². The Hall–Kier alpha value is -3.00. The second-order valence-corrected chi connectivity index (χ2v) is 7.79. The Morgan fingerprint density at radius 3 is 2.48 bits per heavy atom. The summed E-state index contributed by atoms with van der Waals surface area (Å²) >= 11 is 1.37. The van der Waals surface area contributed by atoms with Gasteiger partial charge in [0.25, 0.3) is 0 Å². The average molecular weight is 411 g/mol. The lowest BCUT2D eigenvalue weighted by Crippen LogP contribution is -2.12. The molecule has 1 aliphatic heterocycles. The number of para-hydroxylation sites is 1. The van der Waals surface area contributed by atoms with E-state index in [0.29, 0.717) is 23.2 Å². The quantitative estimate of drug-likeness (QED) is 0.549. The monoisotopic (exact) mass is 411 g/mol. The Morgan fingerprint density at radius 1 is 1.10 bits per heavy atom. The van der Waals surface area contributed by atoms with Crippen LogP contribution in [0.4, 0.5) is 0 Å². The number of thioether (sulfide) groups is 1. The van der Waals surface area contributed by atoms with Crippen molar-refractivity contribution in [1.29, 1.82) is 0 Å². The molecule has 0 aliphatic carbocycles. The summed E-state index contributed by atoms with van der Waals surface area (Å²) in [5, 5.41) is 9.00. The number of benzene rings is 2. The number of hydrogen-bond acceptors (Lipinski definition) is 7. The number of esters is 1. The summed E-state index contributed by atoms with van der Waals surface area (Å²) < 4.78 is 18.3. The van der Waals surface area contributed by atoms with Crippen molar-refractivity contribution in [3.05, 3.63) is 60.4 Å². The molecule has 4 rings (SSSR count). The first-order valence-corrected chi connectivity index (χ1v) is 10.2. The van der Waals surface area contributed by atoms with Crippen molar-refractivity contribution in [1.82, 2.24) is 14.8 Å². The lowest BCUT2D eigenvalue weighted by molar-refractivity contribution is -0.140. The summed E-state index contributed by atoms with van der Waals surface area (Å²) in [6, 6.07) is 17.1. The lowest BCUT2D eigenvalue weighted by Gasteiger charge is -2.12. The molecule has 1 saturated heterocycles. The smallest absolute Gasteiger partial charge is 0.319 e. The average Bonchev–Trinajstić information content (AvgIpc) is 3.29. The molecule has 7 nitrogen and oxygen atoms in total. The zero-order valence-corrected chi connectivity index (χ0v) is 17.0. The van der Waals surface area contributed by atoms with Gasteiger partial charge in [-0.3, -0.25) is 9.36 Å². The predicted molar refractivity (Wildman–Crippen MR) is 109 cm³/mol. The van der Waals surface area contributed by atoms with Gasteiger partial charge in [-0.15, -0.1) is 10.2 Å². The summed E-state index contributed by atoms with van der Waals surface area (Å²) in [6.07, 6.45) is 0.578. The van der Waals surface area contributed by atoms with Gasteiger partial charge >= 0.3 is 5.97 Å². The topological polar surface area (TPSA) is 75.5 Å². The van der Waals surface area contributed by atoms with E-state index in [2.05, 4.69) is 10.2 Å². The van der Waals surface area contributed by atoms with Crippen LogP contribution in [0.5, 0.6) is 11.5 Å². The van der Waals surface area contributed by atoms with Gasteiger partial charge in [-0.1, -0.05) is 30.0 Å². The van der Waals surface area contributed by atoms with Crippen molar-refractivity contribution in [2.45, 2.75) is 36.5 Å². The van der Waals surface area contributed by atoms with E-state index >= 15 is 0 Å². The van der Waals surface area contributed by atoms with E-state index < -0.39 is 0 Å². The van der Waals surface area contributed by atoms with E-state index in [1.807, 2.05) is 66.1 Å². The maximum Gasteiger partial charge on any atom is 0.319 e. The van der Waals surface area contributed by atoms with Crippen LogP contribution in [0.2, 0.25) is 0 Å². The highest BCUT2D eigenvalue weighted by Gasteiger charge is 2.34. The molecular weight excluding hydrogens is 390 g/mol. The predicted octanol–water partition coefficient (Wildman–Crippen LogP) is 3.65. The van der Waals surface area contributed by atoms with Crippen LogP contribution in [-0.4, -0.2) is 39.2 Å². The van der Waals surface area contributed by atoms with Gasteiger partial charge in [0.2, 0.25) is 0 Å². The standard InChI is InChI=1S/C21H21N3O4S/c1-14-12-18(20(25)28-14)29-21-23-22-19(24(21)15-6-4-3-5-7-15)13-27-17-10-8-16(26-2)9-11-17/h3-11,14,18H,12-13H2,1-2H3/t14-,18-/m1/s1. The number of hydrogen-bond donors (Lipinski definition) is 0. The Labute approximate surface area is 173 Å². The molecule has 0 bridgehead atoms. The molecule has 0 amide bonds. The molecule has 2 aromatic carbocycles. The van der Waals surface area contributed by atoms with Crippen molar-refractivity contribution in [3.8, 4) is 17.2 Å². The Morgan fingerprint density at radius 2 is 1.83 bits per heavy atom. The van der Waals surface area contributed by atoms with Crippen LogP contribution >= 0.6 is 11.8 Å². The molecule has 8 heteroatoms. The molecule has 1 aliphatic rings. The minimum absolute atomic E-state index is 0.0778. The van der Waals surface area contributed by atoms with Crippen LogP contribution in [0.3, 0.4) is 0 Å². The van der Waals surface area contributed by atoms with Gasteiger partial charge in [0.1, 0.15) is 29.5 Å². The molecule has 2 atom stereocenters. The summed E-state index contributed by atoms with van der Waals surface area (Å²) in [5.74, 6) is 1.91. The number of nitrogens with zero attached hydrogens (tertiary/aromatic N) is 3. The number of methoxy groups -OCH3 is 1.